The van der Waals surface area contributed by atoms with Gasteiger partial charge in [0.15, 0.2) is 23.0 Å². The molecule has 3 aromatic carbocycles. The van der Waals surface area contributed by atoms with E-state index in [4.69, 9.17) is 0 Å². The molecule has 0 unspecified atom stereocenters. The lowest BCUT2D eigenvalue weighted by molar-refractivity contribution is 0.401. The highest BCUT2D eigenvalue weighted by atomic mass is 16.3. The molecule has 0 fully saturated rings. The van der Waals surface area contributed by atoms with Crippen LogP contribution in [0.3, 0.4) is 0 Å². The van der Waals surface area contributed by atoms with Crippen LogP contribution in [0.15, 0.2) is 48.5 Å². The molecule has 0 spiro atoms. The van der Waals surface area contributed by atoms with E-state index in [1.54, 1.807) is 24.3 Å². The van der Waals surface area contributed by atoms with Crippen molar-refractivity contribution in [1.29, 1.82) is 0 Å². The maximum absolute atomic E-state index is 10.4. The van der Waals surface area contributed by atoms with Crippen molar-refractivity contribution in [1.82, 2.24) is 0 Å². The van der Waals surface area contributed by atoms with Gasteiger partial charge in [0, 0.05) is 5.92 Å². The number of hydrogen-bond acceptors (Lipinski definition) is 4. The summed E-state index contributed by atoms with van der Waals surface area (Å²) in [4.78, 5) is 0. The Bertz CT molecular complexity index is 1010. The van der Waals surface area contributed by atoms with Gasteiger partial charge in [-0.15, -0.1) is 0 Å². The fraction of sp³-hybridized carbons (Fsp3) is 0.357. The van der Waals surface area contributed by atoms with E-state index in [-0.39, 0.29) is 28.9 Å². The molecule has 0 aliphatic heterocycles. The average Bonchev–Trinajstić information content (AvgIpc) is 2.75. The van der Waals surface area contributed by atoms with Crippen LogP contribution < -0.4 is 0 Å². The fourth-order valence-electron chi connectivity index (χ4n) is 4.38. The van der Waals surface area contributed by atoms with Crippen LogP contribution in [0, 0.1) is 0 Å². The molecule has 0 radical (unpaired) electrons. The van der Waals surface area contributed by atoms with Crippen LogP contribution >= 0.6 is 0 Å². The molecule has 0 saturated carbocycles. The highest BCUT2D eigenvalue weighted by molar-refractivity contribution is 5.57. The topological polar surface area (TPSA) is 80.9 Å². The zero-order valence-electron chi connectivity index (χ0n) is 19.4. The van der Waals surface area contributed by atoms with Gasteiger partial charge in [-0.2, -0.15) is 0 Å². The van der Waals surface area contributed by atoms with Crippen LogP contribution in [0.4, 0.5) is 0 Å². The summed E-state index contributed by atoms with van der Waals surface area (Å²) in [5, 5.41) is 41.1. The fourth-order valence-corrected chi connectivity index (χ4v) is 4.38. The first-order chi connectivity index (χ1) is 15.3. The van der Waals surface area contributed by atoms with Crippen molar-refractivity contribution in [3.63, 3.8) is 0 Å². The summed E-state index contributed by atoms with van der Waals surface area (Å²) < 4.78 is 0. The van der Waals surface area contributed by atoms with Gasteiger partial charge in [0.25, 0.3) is 0 Å². The van der Waals surface area contributed by atoms with Crippen LogP contribution in [0.1, 0.15) is 85.8 Å². The van der Waals surface area contributed by atoms with Crippen LogP contribution in [-0.4, -0.2) is 20.4 Å². The number of phenolic OH excluding ortho intramolecular Hbond substituents is 4. The molecular formula is C28H34O4. The lowest BCUT2D eigenvalue weighted by Crippen LogP contribution is -2.10. The summed E-state index contributed by atoms with van der Waals surface area (Å²) >= 11 is 0. The Kier molecular flexibility index (Phi) is 7.34. The Labute approximate surface area is 190 Å². The Hall–Kier alpha value is -3.14. The molecule has 3 aromatic rings. The largest absolute Gasteiger partial charge is 0.504 e. The van der Waals surface area contributed by atoms with Crippen LogP contribution in [-0.2, 0) is 12.8 Å². The SMILES string of the molecule is CCCc1cc(O)c(O)cc1C(c1ccc(C(C)C)cc1)c1cc(O)c(O)cc1CCC. The second-order valence-corrected chi connectivity index (χ2v) is 8.83. The van der Waals surface area contributed by atoms with Crippen LogP contribution in [0.2, 0.25) is 0 Å². The molecule has 0 bridgehead atoms. The molecule has 0 atom stereocenters. The van der Waals surface area contributed by atoms with Crippen molar-refractivity contribution in [2.75, 3.05) is 0 Å². The van der Waals surface area contributed by atoms with Gasteiger partial charge < -0.3 is 20.4 Å². The number of phenols is 4. The van der Waals surface area contributed by atoms with Gasteiger partial charge in [0.1, 0.15) is 0 Å². The monoisotopic (exact) mass is 434 g/mol. The minimum atomic E-state index is -0.266. The zero-order valence-corrected chi connectivity index (χ0v) is 19.4. The van der Waals surface area contributed by atoms with Crippen molar-refractivity contribution in [3.8, 4) is 23.0 Å². The van der Waals surface area contributed by atoms with E-state index < -0.39 is 0 Å². The third kappa shape index (κ3) is 4.85. The number of rotatable bonds is 8. The van der Waals surface area contributed by atoms with E-state index in [9.17, 15) is 20.4 Å². The van der Waals surface area contributed by atoms with Gasteiger partial charge >= 0.3 is 0 Å². The van der Waals surface area contributed by atoms with Gasteiger partial charge in [-0.3, -0.25) is 0 Å². The minimum Gasteiger partial charge on any atom is -0.504 e. The highest BCUT2D eigenvalue weighted by Gasteiger charge is 2.25. The molecule has 32 heavy (non-hydrogen) atoms. The van der Waals surface area contributed by atoms with Crippen molar-refractivity contribution in [2.45, 2.75) is 65.2 Å². The minimum absolute atomic E-state index is 0.131. The third-order valence-electron chi connectivity index (χ3n) is 6.07. The molecule has 0 saturated heterocycles. The first kappa shape index (κ1) is 23.5. The smallest absolute Gasteiger partial charge is 0.157 e. The first-order valence-corrected chi connectivity index (χ1v) is 11.5. The van der Waals surface area contributed by atoms with Gasteiger partial charge in [-0.05, 0) is 76.4 Å². The Morgan fingerprint density at radius 3 is 1.34 bits per heavy atom. The lowest BCUT2D eigenvalue weighted by Gasteiger charge is -2.26. The summed E-state index contributed by atoms with van der Waals surface area (Å²) in [5.41, 5.74) is 5.95. The molecule has 4 nitrogen and oxygen atoms in total. The normalized spacial score (nSPS) is 11.4. The Morgan fingerprint density at radius 2 is 0.969 bits per heavy atom. The first-order valence-electron chi connectivity index (χ1n) is 11.5. The van der Waals surface area contributed by atoms with Crippen molar-refractivity contribution >= 4 is 0 Å². The number of aryl methyl sites for hydroxylation is 2. The Balaban J connectivity index is 2.32. The molecular weight excluding hydrogens is 400 g/mol. The molecule has 4 N–H and O–H groups in total. The quantitative estimate of drug-likeness (QED) is 0.234. The standard InChI is InChI=1S/C28H34O4/c1-5-7-20-13-24(29)26(31)15-22(20)28(19-11-9-18(10-12-19)17(3)4)23-16-27(32)25(30)14-21(23)8-6-2/h9-17,28-32H,5-8H2,1-4H3. The van der Waals surface area contributed by atoms with Crippen molar-refractivity contribution in [3.05, 3.63) is 81.9 Å². The molecule has 0 aliphatic rings. The highest BCUT2D eigenvalue weighted by Crippen LogP contribution is 2.43. The summed E-state index contributed by atoms with van der Waals surface area (Å²) in [6, 6.07) is 15.0. The van der Waals surface area contributed by atoms with E-state index in [1.807, 2.05) is 0 Å². The van der Waals surface area contributed by atoms with E-state index >= 15 is 0 Å². The van der Waals surface area contributed by atoms with Gasteiger partial charge in [0.05, 0.1) is 0 Å². The molecule has 0 aliphatic carbocycles. The number of benzene rings is 3. The van der Waals surface area contributed by atoms with Crippen molar-refractivity contribution < 1.29 is 20.4 Å². The second kappa shape index (κ2) is 9.99. The maximum atomic E-state index is 10.4. The lowest BCUT2D eigenvalue weighted by atomic mass is 9.78. The van der Waals surface area contributed by atoms with Crippen molar-refractivity contribution in [2.24, 2.45) is 0 Å². The molecule has 3 rings (SSSR count). The average molecular weight is 435 g/mol. The van der Waals surface area contributed by atoms with Crippen LogP contribution in [0.5, 0.6) is 23.0 Å². The Morgan fingerprint density at radius 1 is 0.594 bits per heavy atom. The summed E-state index contributed by atoms with van der Waals surface area (Å²) in [7, 11) is 0. The summed E-state index contributed by atoms with van der Waals surface area (Å²) in [6.45, 7) is 8.46. The molecule has 4 heteroatoms. The molecule has 170 valence electrons. The van der Waals surface area contributed by atoms with Gasteiger partial charge in [0.2, 0.25) is 0 Å². The zero-order chi connectivity index (χ0) is 23.4. The summed E-state index contributed by atoms with van der Waals surface area (Å²) in [5.74, 6) is -0.448. The molecule has 0 heterocycles. The van der Waals surface area contributed by atoms with E-state index in [1.165, 1.54) is 5.56 Å². The van der Waals surface area contributed by atoms with E-state index in [0.29, 0.717) is 5.92 Å². The second-order valence-electron chi connectivity index (χ2n) is 8.83. The third-order valence-corrected chi connectivity index (χ3v) is 6.07. The summed E-state index contributed by atoms with van der Waals surface area (Å²) in [6.07, 6.45) is 3.27. The van der Waals surface area contributed by atoms with Gasteiger partial charge in [-0.25, -0.2) is 0 Å². The predicted molar refractivity (Wildman–Crippen MR) is 129 cm³/mol. The maximum Gasteiger partial charge on any atom is 0.157 e. The molecule has 0 amide bonds. The number of aromatic hydroxyl groups is 4. The predicted octanol–water partition coefficient (Wildman–Crippen LogP) is 6.72. The van der Waals surface area contributed by atoms with Gasteiger partial charge in [-0.1, -0.05) is 64.8 Å². The number of hydrogen-bond donors (Lipinski definition) is 4. The van der Waals surface area contributed by atoms with Crippen LogP contribution in [0.25, 0.3) is 0 Å². The van der Waals surface area contributed by atoms with E-state index in [2.05, 4.69) is 52.0 Å². The molecule has 0 aromatic heterocycles. The van der Waals surface area contributed by atoms with E-state index in [0.717, 1.165) is 53.5 Å².